The molecule has 43 heavy (non-hydrogen) atoms. The molecule has 3 saturated carbocycles. The number of thioether (sulfide) groups is 1. The van der Waals surface area contributed by atoms with Gasteiger partial charge in [-0.3, -0.25) is 0 Å². The molecule has 4 aliphatic rings. The first-order valence-corrected chi connectivity index (χ1v) is 17.7. The van der Waals surface area contributed by atoms with E-state index in [0.29, 0.717) is 23.5 Å². The van der Waals surface area contributed by atoms with E-state index in [2.05, 4.69) is 6.92 Å². The van der Waals surface area contributed by atoms with Gasteiger partial charge in [-0.1, -0.05) is 51.5 Å². The van der Waals surface area contributed by atoms with Crippen LogP contribution < -0.4 is 0 Å². The third kappa shape index (κ3) is 6.47. The molecule has 244 valence electrons. The number of aliphatic hydroxyl groups is 2. The van der Waals surface area contributed by atoms with Crippen molar-refractivity contribution in [3.8, 4) is 5.75 Å². The van der Waals surface area contributed by atoms with E-state index >= 15 is 0 Å². The Morgan fingerprint density at radius 1 is 0.860 bits per heavy atom. The third-order valence-corrected chi connectivity index (χ3v) is 13.1. The van der Waals surface area contributed by atoms with Crippen LogP contribution in [0.5, 0.6) is 5.75 Å². The van der Waals surface area contributed by atoms with Crippen LogP contribution in [0.25, 0.3) is 0 Å². The Labute approximate surface area is 257 Å². The summed E-state index contributed by atoms with van der Waals surface area (Å²) in [6.45, 7) is 2.41. The molecule has 9 heteroatoms. The standard InChI is InChI=1S/C34H49F5O3S/c1-31-15-13-24-23-12-11-22(40)20-26(23)30(42)25(29(24)27(31)21-28(41)32(31)16-17-32)10-7-5-3-2-4-6-8-18-43-19-9-14-33(35,36)34(37,38)39/h11-12,20,24-25,27-30,40-42H,2-10,13-19,21H2,1H3/t24?,25-,27?,28+,29?,30+,31-/m0/s1. The fraction of sp³-hybridized carbons (Fsp3) is 0.824. The van der Waals surface area contributed by atoms with Gasteiger partial charge in [0.1, 0.15) is 5.75 Å². The Balaban J connectivity index is 1.05. The van der Waals surface area contributed by atoms with Crippen molar-refractivity contribution >= 4 is 11.8 Å². The van der Waals surface area contributed by atoms with Gasteiger partial charge >= 0.3 is 12.1 Å². The van der Waals surface area contributed by atoms with E-state index < -0.39 is 24.6 Å². The smallest absolute Gasteiger partial charge is 0.453 e. The first-order valence-electron chi connectivity index (χ1n) is 16.5. The van der Waals surface area contributed by atoms with Crippen molar-refractivity contribution in [3.63, 3.8) is 0 Å². The summed E-state index contributed by atoms with van der Waals surface area (Å²) in [6.07, 6.45) is 6.03. The summed E-state index contributed by atoms with van der Waals surface area (Å²) in [7, 11) is 0. The Kier molecular flexibility index (Phi) is 10.1. The number of hydrogen-bond donors (Lipinski definition) is 3. The van der Waals surface area contributed by atoms with Crippen LogP contribution in [0.1, 0.15) is 126 Å². The van der Waals surface area contributed by atoms with E-state index in [4.69, 9.17) is 0 Å². The summed E-state index contributed by atoms with van der Waals surface area (Å²) in [4.78, 5) is 0. The van der Waals surface area contributed by atoms with E-state index in [1.165, 1.54) is 17.3 Å². The first-order chi connectivity index (χ1) is 20.3. The Morgan fingerprint density at radius 2 is 1.51 bits per heavy atom. The average molecular weight is 633 g/mol. The highest BCUT2D eigenvalue weighted by Gasteiger charge is 2.71. The topological polar surface area (TPSA) is 60.7 Å². The summed E-state index contributed by atoms with van der Waals surface area (Å²) in [5.41, 5.74) is 2.29. The highest BCUT2D eigenvalue weighted by molar-refractivity contribution is 7.99. The predicted molar refractivity (Wildman–Crippen MR) is 160 cm³/mol. The molecule has 3 nitrogen and oxygen atoms in total. The van der Waals surface area contributed by atoms with Crippen LogP contribution >= 0.6 is 11.8 Å². The molecule has 3 unspecified atom stereocenters. The van der Waals surface area contributed by atoms with E-state index in [-0.39, 0.29) is 35.0 Å². The lowest BCUT2D eigenvalue weighted by molar-refractivity contribution is -0.284. The highest BCUT2D eigenvalue weighted by atomic mass is 32.2. The molecule has 0 aromatic heterocycles. The van der Waals surface area contributed by atoms with Crippen molar-refractivity contribution in [2.45, 2.75) is 133 Å². The van der Waals surface area contributed by atoms with Crippen LogP contribution in [0.3, 0.4) is 0 Å². The second-order valence-electron chi connectivity index (χ2n) is 14.3. The Morgan fingerprint density at radius 3 is 2.19 bits per heavy atom. The number of phenols is 1. The van der Waals surface area contributed by atoms with E-state index in [0.717, 1.165) is 94.8 Å². The fourth-order valence-corrected chi connectivity index (χ4v) is 10.4. The van der Waals surface area contributed by atoms with Crippen molar-refractivity contribution in [1.29, 1.82) is 0 Å². The summed E-state index contributed by atoms with van der Waals surface area (Å²) in [5.74, 6) is -2.04. The molecule has 1 aromatic rings. The number of fused-ring (bicyclic) bond motifs is 6. The minimum Gasteiger partial charge on any atom is -0.508 e. The molecule has 0 radical (unpaired) electrons. The molecule has 1 spiro atoms. The lowest BCUT2D eigenvalue weighted by atomic mass is 9.50. The van der Waals surface area contributed by atoms with Crippen molar-refractivity contribution < 1.29 is 37.3 Å². The summed E-state index contributed by atoms with van der Waals surface area (Å²) < 4.78 is 62.6. The van der Waals surface area contributed by atoms with Gasteiger partial charge in [0.2, 0.25) is 0 Å². The zero-order chi connectivity index (χ0) is 31.0. The second-order valence-corrected chi connectivity index (χ2v) is 15.5. The zero-order valence-electron chi connectivity index (χ0n) is 25.4. The van der Waals surface area contributed by atoms with Crippen LogP contribution in [-0.4, -0.2) is 45.0 Å². The van der Waals surface area contributed by atoms with E-state index in [1.54, 1.807) is 12.1 Å². The van der Waals surface area contributed by atoms with Crippen LogP contribution in [-0.2, 0) is 0 Å². The van der Waals surface area contributed by atoms with Crippen molar-refractivity contribution in [3.05, 3.63) is 29.3 Å². The summed E-state index contributed by atoms with van der Waals surface area (Å²) >= 11 is 1.45. The molecule has 3 fully saturated rings. The number of aromatic hydroxyl groups is 1. The van der Waals surface area contributed by atoms with E-state index in [9.17, 15) is 37.3 Å². The average Bonchev–Trinajstić information content (AvgIpc) is 3.73. The van der Waals surface area contributed by atoms with Crippen molar-refractivity contribution in [1.82, 2.24) is 0 Å². The largest absolute Gasteiger partial charge is 0.508 e. The lowest BCUT2D eigenvalue weighted by Gasteiger charge is -2.55. The number of alkyl halides is 5. The number of phenolic OH excluding ortho intramolecular Hbond substituents is 1. The Bertz CT molecular complexity index is 1090. The third-order valence-electron chi connectivity index (χ3n) is 12.0. The summed E-state index contributed by atoms with van der Waals surface area (Å²) in [5, 5.41) is 33.1. The van der Waals surface area contributed by atoms with Gasteiger partial charge < -0.3 is 15.3 Å². The molecule has 7 atom stereocenters. The van der Waals surface area contributed by atoms with Crippen molar-refractivity contribution in [2.24, 2.45) is 28.6 Å². The van der Waals surface area contributed by atoms with Gasteiger partial charge in [-0.2, -0.15) is 33.7 Å². The molecule has 1 aromatic carbocycles. The van der Waals surface area contributed by atoms with Gasteiger partial charge in [-0.15, -0.1) is 0 Å². The highest BCUT2D eigenvalue weighted by Crippen LogP contribution is 2.76. The number of aliphatic hydroxyl groups excluding tert-OH is 2. The minimum absolute atomic E-state index is 0.0771. The minimum atomic E-state index is -5.46. The predicted octanol–water partition coefficient (Wildman–Crippen LogP) is 9.55. The van der Waals surface area contributed by atoms with E-state index in [1.807, 2.05) is 6.07 Å². The molecular formula is C34H49F5O3S. The number of halogens is 5. The second kappa shape index (κ2) is 13.0. The van der Waals surface area contributed by atoms with Gasteiger partial charge in [0.15, 0.2) is 0 Å². The quantitative estimate of drug-likeness (QED) is 0.141. The monoisotopic (exact) mass is 632 g/mol. The number of rotatable bonds is 14. The van der Waals surface area contributed by atoms with Crippen LogP contribution in [0, 0.1) is 28.6 Å². The number of unbranched alkanes of at least 4 members (excludes halogenated alkanes) is 6. The van der Waals surface area contributed by atoms with Crippen LogP contribution in [0.4, 0.5) is 22.0 Å². The van der Waals surface area contributed by atoms with Crippen LogP contribution in [0.2, 0.25) is 0 Å². The molecule has 0 saturated heterocycles. The Hall–Kier alpha value is -1.06. The first kappa shape index (κ1) is 33.3. The maximum atomic E-state index is 13.0. The molecule has 5 rings (SSSR count). The molecule has 0 bridgehead atoms. The normalized spacial score (nSPS) is 32.8. The maximum Gasteiger partial charge on any atom is 0.453 e. The molecule has 4 aliphatic carbocycles. The molecule has 0 amide bonds. The molecule has 0 aliphatic heterocycles. The van der Waals surface area contributed by atoms with Gasteiger partial charge in [0.05, 0.1) is 12.2 Å². The van der Waals surface area contributed by atoms with Gasteiger partial charge in [-0.25, -0.2) is 0 Å². The van der Waals surface area contributed by atoms with Crippen LogP contribution in [0.15, 0.2) is 18.2 Å². The number of benzene rings is 1. The van der Waals surface area contributed by atoms with Gasteiger partial charge in [0.25, 0.3) is 0 Å². The zero-order valence-corrected chi connectivity index (χ0v) is 26.2. The number of hydrogen-bond acceptors (Lipinski definition) is 4. The SMILES string of the molecule is C[C@]12CCC3c4ccc(O)cc4[C@H](O)[C@@H](CCCCCCCCCSCCCC(F)(F)C(F)(F)F)C3C1C[C@@H](O)C21CC1. The molecule has 0 heterocycles. The molecule has 3 N–H and O–H groups in total. The molecular weight excluding hydrogens is 583 g/mol. The van der Waals surface area contributed by atoms with Gasteiger partial charge in [-0.05, 0) is 115 Å². The van der Waals surface area contributed by atoms with Gasteiger partial charge in [0, 0.05) is 11.8 Å². The fourth-order valence-electron chi connectivity index (χ4n) is 9.47. The lowest BCUT2D eigenvalue weighted by Crippen LogP contribution is -2.47. The maximum absolute atomic E-state index is 13.0. The summed E-state index contributed by atoms with van der Waals surface area (Å²) in [6, 6.07) is 5.54. The van der Waals surface area contributed by atoms with Crippen molar-refractivity contribution in [2.75, 3.05) is 11.5 Å².